The minimum Gasteiger partial charge on any atom is -0.453 e. The minimum atomic E-state index is -0.938. The van der Waals surface area contributed by atoms with Crippen molar-refractivity contribution in [2.24, 2.45) is 0 Å². The molecular formula is C35H36N6O4. The lowest BCUT2D eigenvalue weighted by Crippen LogP contribution is -2.48. The van der Waals surface area contributed by atoms with Gasteiger partial charge in [-0.3, -0.25) is 9.78 Å². The first kappa shape index (κ1) is 30.0. The van der Waals surface area contributed by atoms with Gasteiger partial charge in [0.1, 0.15) is 11.9 Å². The molecule has 10 heteroatoms. The number of H-pyrrole nitrogens is 1. The monoisotopic (exact) mass is 604 g/mol. The van der Waals surface area contributed by atoms with Crippen molar-refractivity contribution in [2.75, 3.05) is 25.6 Å². The van der Waals surface area contributed by atoms with E-state index >= 15 is 0 Å². The lowest BCUT2D eigenvalue weighted by atomic mass is 9.84. The third-order valence-corrected chi connectivity index (χ3v) is 8.13. The maximum atomic E-state index is 14.0. The molecule has 2 aromatic heterocycles. The van der Waals surface area contributed by atoms with Crippen LogP contribution < -0.4 is 16.0 Å². The van der Waals surface area contributed by atoms with Gasteiger partial charge >= 0.3 is 6.09 Å². The zero-order valence-corrected chi connectivity index (χ0v) is 25.0. The average molecular weight is 605 g/mol. The molecule has 1 saturated heterocycles. The van der Waals surface area contributed by atoms with E-state index in [2.05, 4.69) is 30.9 Å². The number of carbonyl (C=O) groups is 2. The average Bonchev–Trinajstić information content (AvgIpc) is 3.53. The summed E-state index contributed by atoms with van der Waals surface area (Å²) in [5, 5.41) is 9.46. The van der Waals surface area contributed by atoms with Crippen LogP contribution in [0.2, 0.25) is 0 Å². The molecule has 1 aliphatic rings. The quantitative estimate of drug-likeness (QED) is 0.174. The van der Waals surface area contributed by atoms with E-state index in [1.807, 2.05) is 91.0 Å². The van der Waals surface area contributed by atoms with Gasteiger partial charge in [-0.2, -0.15) is 0 Å². The SMILES string of the molecule is COC(=O)NC(C(=O)Nc1ccccc1CC[C@@H]1CN[C@H](c2nc3ccncc3[nH]2)CO1)C(c1ccccc1)c1ccccc1. The fourth-order valence-electron chi connectivity index (χ4n) is 5.80. The number of hydrogen-bond acceptors (Lipinski definition) is 7. The molecule has 0 spiro atoms. The van der Waals surface area contributed by atoms with Crippen molar-refractivity contribution < 1.29 is 19.1 Å². The van der Waals surface area contributed by atoms with Crippen LogP contribution in [0.4, 0.5) is 10.5 Å². The van der Waals surface area contributed by atoms with E-state index in [9.17, 15) is 9.59 Å². The molecule has 1 fully saturated rings. The van der Waals surface area contributed by atoms with Crippen LogP contribution in [0.3, 0.4) is 0 Å². The van der Waals surface area contributed by atoms with E-state index in [1.165, 1.54) is 7.11 Å². The Balaban J connectivity index is 1.14. The zero-order chi connectivity index (χ0) is 31.0. The van der Waals surface area contributed by atoms with Crippen LogP contribution in [-0.2, 0) is 20.7 Å². The van der Waals surface area contributed by atoms with Gasteiger partial charge < -0.3 is 30.4 Å². The number of para-hydroxylation sites is 1. The smallest absolute Gasteiger partial charge is 0.407 e. The third kappa shape index (κ3) is 7.19. The number of imidazole rings is 1. The highest BCUT2D eigenvalue weighted by molar-refractivity contribution is 5.98. The summed E-state index contributed by atoms with van der Waals surface area (Å²) in [4.78, 5) is 38.7. The van der Waals surface area contributed by atoms with Gasteiger partial charge in [-0.05, 0) is 41.7 Å². The Hall–Kier alpha value is -5.06. The number of carbonyl (C=O) groups excluding carboxylic acids is 2. The molecule has 1 aliphatic heterocycles. The van der Waals surface area contributed by atoms with Gasteiger partial charge in [0.05, 0.1) is 43.1 Å². The number of methoxy groups -OCH3 is 1. The molecule has 0 bridgehead atoms. The number of aromatic amines is 1. The van der Waals surface area contributed by atoms with Gasteiger partial charge in [-0.25, -0.2) is 9.78 Å². The first-order chi connectivity index (χ1) is 22.1. The predicted octanol–water partition coefficient (Wildman–Crippen LogP) is 5.12. The number of anilines is 1. The number of morpholine rings is 1. The number of alkyl carbamates (subject to hydrolysis) is 1. The summed E-state index contributed by atoms with van der Waals surface area (Å²) in [5.41, 5.74) is 5.25. The van der Waals surface area contributed by atoms with Crippen LogP contribution in [0.15, 0.2) is 103 Å². The molecule has 3 aromatic carbocycles. The van der Waals surface area contributed by atoms with Crippen molar-refractivity contribution in [3.63, 3.8) is 0 Å². The molecule has 1 unspecified atom stereocenters. The van der Waals surface area contributed by atoms with Crippen molar-refractivity contribution in [3.05, 3.63) is 126 Å². The molecule has 0 radical (unpaired) electrons. The van der Waals surface area contributed by atoms with Crippen LogP contribution in [0.1, 0.15) is 40.9 Å². The molecule has 2 amide bonds. The van der Waals surface area contributed by atoms with Crippen molar-refractivity contribution >= 4 is 28.7 Å². The Bertz CT molecular complexity index is 1650. The van der Waals surface area contributed by atoms with Crippen molar-refractivity contribution in [3.8, 4) is 0 Å². The van der Waals surface area contributed by atoms with Crippen molar-refractivity contribution in [1.29, 1.82) is 0 Å². The second kappa shape index (κ2) is 14.1. The second-order valence-corrected chi connectivity index (χ2v) is 11.0. The molecule has 0 saturated carbocycles. The van der Waals surface area contributed by atoms with Crippen LogP contribution in [0.5, 0.6) is 0 Å². The van der Waals surface area contributed by atoms with Crippen LogP contribution >= 0.6 is 0 Å². The number of rotatable bonds is 10. The lowest BCUT2D eigenvalue weighted by Gasteiger charge is -2.30. The highest BCUT2D eigenvalue weighted by atomic mass is 16.5. The Morgan fingerprint density at radius 2 is 1.69 bits per heavy atom. The molecule has 45 heavy (non-hydrogen) atoms. The zero-order valence-electron chi connectivity index (χ0n) is 25.0. The molecule has 0 aliphatic carbocycles. The van der Waals surface area contributed by atoms with Gasteiger partial charge in [0, 0.05) is 24.3 Å². The van der Waals surface area contributed by atoms with Crippen LogP contribution in [-0.4, -0.2) is 59.4 Å². The van der Waals surface area contributed by atoms with E-state index < -0.39 is 18.1 Å². The largest absolute Gasteiger partial charge is 0.453 e. The number of fused-ring (bicyclic) bond motifs is 1. The Morgan fingerprint density at radius 3 is 2.36 bits per heavy atom. The van der Waals surface area contributed by atoms with Crippen LogP contribution in [0, 0.1) is 0 Å². The molecule has 4 N–H and O–H groups in total. The second-order valence-electron chi connectivity index (χ2n) is 11.0. The van der Waals surface area contributed by atoms with E-state index in [0.717, 1.165) is 40.0 Å². The highest BCUT2D eigenvalue weighted by Gasteiger charge is 2.33. The summed E-state index contributed by atoms with van der Waals surface area (Å²) < 4.78 is 11.1. The molecule has 6 rings (SSSR count). The molecule has 3 atom stereocenters. The van der Waals surface area contributed by atoms with E-state index in [4.69, 9.17) is 9.47 Å². The topological polar surface area (TPSA) is 130 Å². The summed E-state index contributed by atoms with van der Waals surface area (Å²) >= 11 is 0. The fraction of sp³-hybridized carbons (Fsp3) is 0.257. The Kier molecular flexibility index (Phi) is 9.43. The summed E-state index contributed by atoms with van der Waals surface area (Å²) in [6, 6.07) is 28.0. The standard InChI is InChI=1S/C35H36N6O4/c1-44-35(43)41-32(31(24-11-4-2-5-12-24)25-13-6-3-7-14-25)34(42)40-27-15-9-8-10-23(27)16-17-26-20-37-30(22-45-26)33-38-28-18-19-36-21-29(28)39-33/h2-15,18-19,21,26,30-32,37H,16-17,20,22H2,1H3,(H,38,39)(H,40,42)(H,41,43)/t26-,30+,32?/m1/s1. The van der Waals surface area contributed by atoms with Crippen molar-refractivity contribution in [1.82, 2.24) is 25.6 Å². The third-order valence-electron chi connectivity index (χ3n) is 8.13. The Morgan fingerprint density at radius 1 is 0.978 bits per heavy atom. The molecule has 230 valence electrons. The van der Waals surface area contributed by atoms with Gasteiger partial charge in [-0.15, -0.1) is 0 Å². The van der Waals surface area contributed by atoms with Crippen LogP contribution in [0.25, 0.3) is 11.0 Å². The van der Waals surface area contributed by atoms with E-state index in [1.54, 1.807) is 12.4 Å². The highest BCUT2D eigenvalue weighted by Crippen LogP contribution is 2.30. The number of aryl methyl sites for hydroxylation is 1. The Labute approximate surface area is 261 Å². The number of aromatic nitrogens is 3. The molecule has 3 heterocycles. The lowest BCUT2D eigenvalue weighted by molar-refractivity contribution is -0.118. The van der Waals surface area contributed by atoms with Gasteiger partial charge in [0.2, 0.25) is 5.91 Å². The first-order valence-corrected chi connectivity index (χ1v) is 15.1. The van der Waals surface area contributed by atoms with Crippen molar-refractivity contribution in [2.45, 2.75) is 36.9 Å². The maximum absolute atomic E-state index is 14.0. The number of hydrogen-bond donors (Lipinski definition) is 4. The molecule has 10 nitrogen and oxygen atoms in total. The number of amides is 2. The molecular weight excluding hydrogens is 568 g/mol. The summed E-state index contributed by atoms with van der Waals surface area (Å²) in [6.07, 6.45) is 4.28. The van der Waals surface area contributed by atoms with E-state index in [-0.39, 0.29) is 18.1 Å². The number of benzene rings is 3. The van der Waals surface area contributed by atoms with Gasteiger partial charge in [0.25, 0.3) is 0 Å². The molecule has 5 aromatic rings. The van der Waals surface area contributed by atoms with Gasteiger partial charge in [-0.1, -0.05) is 78.9 Å². The normalized spacial score (nSPS) is 17.1. The maximum Gasteiger partial charge on any atom is 0.407 e. The number of ether oxygens (including phenoxy) is 2. The number of pyridine rings is 1. The first-order valence-electron chi connectivity index (χ1n) is 15.1. The summed E-state index contributed by atoms with van der Waals surface area (Å²) in [7, 11) is 1.29. The van der Waals surface area contributed by atoms with Gasteiger partial charge in [0.15, 0.2) is 0 Å². The summed E-state index contributed by atoms with van der Waals surface area (Å²) in [5.74, 6) is 0.0466. The minimum absolute atomic E-state index is 0.00494. The van der Waals surface area contributed by atoms with E-state index in [0.29, 0.717) is 25.3 Å². The number of nitrogens with zero attached hydrogens (tertiary/aromatic N) is 2. The fourth-order valence-corrected chi connectivity index (χ4v) is 5.80. The summed E-state index contributed by atoms with van der Waals surface area (Å²) in [6.45, 7) is 1.17. The predicted molar refractivity (Wildman–Crippen MR) is 172 cm³/mol. The number of nitrogens with one attached hydrogen (secondary N) is 4.